The van der Waals surface area contributed by atoms with Gasteiger partial charge in [-0.1, -0.05) is 32.9 Å². The number of likely N-dealkylation sites (N-methyl/N-ethyl adjacent to an activating group) is 1. The number of carbonyl (C=O) groups is 1. The Morgan fingerprint density at radius 1 is 1.27 bits per heavy atom. The van der Waals surface area contributed by atoms with Crippen molar-refractivity contribution in [3.8, 4) is 0 Å². The third-order valence-electron chi connectivity index (χ3n) is 5.92. The summed E-state index contributed by atoms with van der Waals surface area (Å²) in [6.45, 7) is 12.9. The van der Waals surface area contributed by atoms with Crippen molar-refractivity contribution in [2.24, 2.45) is 0 Å². The molecule has 1 saturated heterocycles. The van der Waals surface area contributed by atoms with E-state index in [-0.39, 0.29) is 29.4 Å². The third-order valence-corrected chi connectivity index (χ3v) is 7.67. The molecule has 0 spiro atoms. The first kappa shape index (κ1) is 22.7. The van der Waals surface area contributed by atoms with E-state index in [9.17, 15) is 13.2 Å². The van der Waals surface area contributed by atoms with Crippen molar-refractivity contribution in [1.82, 2.24) is 19.9 Å². The summed E-state index contributed by atoms with van der Waals surface area (Å²) in [5, 5.41) is 4.62. The number of aromatic nitrogens is 2. The lowest BCUT2D eigenvalue weighted by atomic mass is 10.0. The van der Waals surface area contributed by atoms with Crippen molar-refractivity contribution in [2.75, 3.05) is 37.7 Å². The van der Waals surface area contributed by atoms with Crippen molar-refractivity contribution in [3.63, 3.8) is 0 Å². The summed E-state index contributed by atoms with van der Waals surface area (Å²) in [4.78, 5) is 22.3. The zero-order valence-corrected chi connectivity index (χ0v) is 19.3. The van der Waals surface area contributed by atoms with Gasteiger partial charge in [-0.2, -0.15) is 0 Å². The van der Waals surface area contributed by atoms with E-state index in [1.165, 1.54) is 0 Å². The van der Waals surface area contributed by atoms with Gasteiger partial charge in [0.25, 0.3) is 11.6 Å². The van der Waals surface area contributed by atoms with Crippen LogP contribution in [0.25, 0.3) is 11.1 Å². The summed E-state index contributed by atoms with van der Waals surface area (Å²) >= 11 is 0. The number of rotatable bonds is 8. The maximum absolute atomic E-state index is 13.8. The van der Waals surface area contributed by atoms with Crippen LogP contribution in [0, 0.1) is 6.92 Å². The van der Waals surface area contributed by atoms with E-state index >= 15 is 0 Å². The van der Waals surface area contributed by atoms with Crippen LogP contribution < -0.4 is 0 Å². The van der Waals surface area contributed by atoms with E-state index in [4.69, 9.17) is 4.52 Å². The Hall–Kier alpha value is -2.00. The van der Waals surface area contributed by atoms with Gasteiger partial charge in [0.15, 0.2) is 9.84 Å². The number of carbonyl (C=O) groups excluding carboxylic acids is 1. The normalized spacial score (nSPS) is 18.6. The van der Waals surface area contributed by atoms with Crippen LogP contribution in [0.3, 0.4) is 0 Å². The highest BCUT2D eigenvalue weighted by atomic mass is 32.2. The molecule has 1 fully saturated rings. The standard InChI is InChI=1S/C21H32N4O4S/c1-6-24(7-2)9-10-25(16-8-11-30(27,28)13-16)21(26)17-12-18(14(3)4)22-20-19(17)15(5)23-29-20/h12,14,16H,6-11,13H2,1-5H3. The van der Waals surface area contributed by atoms with Crippen LogP contribution in [0.15, 0.2) is 10.6 Å². The van der Waals surface area contributed by atoms with Crippen LogP contribution in [-0.4, -0.2) is 78.0 Å². The second-order valence-corrected chi connectivity index (χ2v) is 10.5. The van der Waals surface area contributed by atoms with Gasteiger partial charge in [0.05, 0.1) is 28.1 Å². The van der Waals surface area contributed by atoms with Crippen LogP contribution in [0.5, 0.6) is 0 Å². The zero-order valence-electron chi connectivity index (χ0n) is 18.5. The second-order valence-electron chi connectivity index (χ2n) is 8.28. The first-order valence-electron chi connectivity index (χ1n) is 10.7. The molecule has 1 amide bonds. The maximum Gasteiger partial charge on any atom is 0.259 e. The van der Waals surface area contributed by atoms with E-state index < -0.39 is 9.84 Å². The SMILES string of the molecule is CCN(CC)CCN(C(=O)c1cc(C(C)C)nc2onc(C)c12)C1CCS(=O)(=O)C1. The van der Waals surface area contributed by atoms with E-state index in [1.807, 2.05) is 19.9 Å². The third kappa shape index (κ3) is 4.67. The molecule has 3 heterocycles. The van der Waals surface area contributed by atoms with Gasteiger partial charge in [-0.3, -0.25) is 4.79 Å². The summed E-state index contributed by atoms with van der Waals surface area (Å²) in [7, 11) is -3.12. The molecule has 8 nitrogen and oxygen atoms in total. The molecule has 9 heteroatoms. The number of hydrogen-bond donors (Lipinski definition) is 0. The lowest BCUT2D eigenvalue weighted by molar-refractivity contribution is 0.0676. The van der Waals surface area contributed by atoms with Gasteiger partial charge < -0.3 is 14.3 Å². The molecule has 0 bridgehead atoms. The summed E-state index contributed by atoms with van der Waals surface area (Å²) in [6, 6.07) is 1.50. The molecular weight excluding hydrogens is 404 g/mol. The van der Waals surface area contributed by atoms with Crippen molar-refractivity contribution in [1.29, 1.82) is 0 Å². The van der Waals surface area contributed by atoms with Crippen molar-refractivity contribution >= 4 is 26.8 Å². The molecule has 1 unspecified atom stereocenters. The van der Waals surface area contributed by atoms with E-state index in [0.717, 1.165) is 18.8 Å². The highest BCUT2D eigenvalue weighted by molar-refractivity contribution is 7.91. The van der Waals surface area contributed by atoms with Crippen LogP contribution in [0.1, 0.15) is 61.8 Å². The van der Waals surface area contributed by atoms with Gasteiger partial charge in [0, 0.05) is 24.8 Å². The Bertz CT molecular complexity index is 1010. The van der Waals surface area contributed by atoms with Gasteiger partial charge in [-0.25, -0.2) is 13.4 Å². The van der Waals surface area contributed by atoms with Gasteiger partial charge in [-0.05, 0) is 38.4 Å². The van der Waals surface area contributed by atoms with Gasteiger partial charge in [0.1, 0.15) is 0 Å². The smallest absolute Gasteiger partial charge is 0.259 e. The average Bonchev–Trinajstić information content (AvgIpc) is 3.26. The molecule has 1 aliphatic rings. The van der Waals surface area contributed by atoms with E-state index in [1.54, 1.807) is 11.8 Å². The largest absolute Gasteiger partial charge is 0.336 e. The zero-order chi connectivity index (χ0) is 22.1. The first-order valence-corrected chi connectivity index (χ1v) is 12.5. The predicted molar refractivity (Wildman–Crippen MR) is 117 cm³/mol. The van der Waals surface area contributed by atoms with Crippen LogP contribution in [0.2, 0.25) is 0 Å². The topological polar surface area (TPSA) is 96.6 Å². The minimum atomic E-state index is -3.12. The number of nitrogens with zero attached hydrogens (tertiary/aromatic N) is 4. The summed E-state index contributed by atoms with van der Waals surface area (Å²) in [6.07, 6.45) is 0.472. The molecule has 0 radical (unpaired) electrons. The van der Waals surface area contributed by atoms with Gasteiger partial charge in [-0.15, -0.1) is 0 Å². The minimum Gasteiger partial charge on any atom is -0.336 e. The predicted octanol–water partition coefficient (Wildman–Crippen LogP) is 2.63. The monoisotopic (exact) mass is 436 g/mol. The maximum atomic E-state index is 13.8. The van der Waals surface area contributed by atoms with Crippen LogP contribution >= 0.6 is 0 Å². The Balaban J connectivity index is 2.02. The quantitative estimate of drug-likeness (QED) is 0.627. The number of aryl methyl sites for hydroxylation is 1. The molecule has 166 valence electrons. The van der Waals surface area contributed by atoms with E-state index in [2.05, 4.69) is 28.9 Å². The lowest BCUT2D eigenvalue weighted by Crippen LogP contribution is -2.45. The number of pyridine rings is 1. The lowest BCUT2D eigenvalue weighted by Gasteiger charge is -2.31. The number of fused-ring (bicyclic) bond motifs is 1. The van der Waals surface area contributed by atoms with Crippen LogP contribution in [0.4, 0.5) is 0 Å². The molecule has 30 heavy (non-hydrogen) atoms. The first-order chi connectivity index (χ1) is 14.2. The minimum absolute atomic E-state index is 0.0187. The Morgan fingerprint density at radius 2 is 1.97 bits per heavy atom. The van der Waals surface area contributed by atoms with Crippen molar-refractivity contribution in [2.45, 2.75) is 53.0 Å². The fraction of sp³-hybridized carbons (Fsp3) is 0.667. The molecular formula is C21H32N4O4S. The number of hydrogen-bond acceptors (Lipinski definition) is 7. The molecule has 0 N–H and O–H groups in total. The van der Waals surface area contributed by atoms with E-state index in [0.29, 0.717) is 41.9 Å². The number of sulfone groups is 1. The summed E-state index contributed by atoms with van der Waals surface area (Å²) < 4.78 is 29.6. The number of amides is 1. The molecule has 1 atom stereocenters. The van der Waals surface area contributed by atoms with Gasteiger partial charge >= 0.3 is 0 Å². The van der Waals surface area contributed by atoms with Crippen molar-refractivity contribution < 1.29 is 17.7 Å². The average molecular weight is 437 g/mol. The Kier molecular flexibility index (Phi) is 6.81. The molecule has 1 aliphatic heterocycles. The Labute approximate surface area is 178 Å². The molecule has 2 aromatic heterocycles. The van der Waals surface area contributed by atoms with Crippen molar-refractivity contribution in [3.05, 3.63) is 23.0 Å². The molecule has 0 saturated carbocycles. The molecule has 0 aromatic carbocycles. The second kappa shape index (κ2) is 9.01. The molecule has 0 aliphatic carbocycles. The molecule has 2 aromatic rings. The summed E-state index contributed by atoms with van der Waals surface area (Å²) in [5.41, 5.74) is 2.21. The highest BCUT2D eigenvalue weighted by Gasteiger charge is 2.36. The molecule has 3 rings (SSSR count). The fourth-order valence-electron chi connectivity index (χ4n) is 3.99. The van der Waals surface area contributed by atoms with Gasteiger partial charge in [0.2, 0.25) is 0 Å². The summed E-state index contributed by atoms with van der Waals surface area (Å²) in [5.74, 6) is 0.0829. The fourth-order valence-corrected chi connectivity index (χ4v) is 5.72. The van der Waals surface area contributed by atoms with Crippen LogP contribution in [-0.2, 0) is 9.84 Å². The highest BCUT2D eigenvalue weighted by Crippen LogP contribution is 2.28. The Morgan fingerprint density at radius 3 is 2.53 bits per heavy atom.